The fraction of sp³-hybridized carbons (Fsp3) is 0.833. The van der Waals surface area contributed by atoms with Gasteiger partial charge >= 0.3 is 44.8 Å². The third-order valence-electron chi connectivity index (χ3n) is 6.21. The van der Waals surface area contributed by atoms with Crippen LogP contribution in [0.3, 0.4) is 0 Å². The fourth-order valence-corrected chi connectivity index (χ4v) is 4.15. The van der Waals surface area contributed by atoms with Crippen LogP contribution in [0.2, 0.25) is 0 Å². The van der Waals surface area contributed by atoms with Crippen LogP contribution in [0.15, 0.2) is 0 Å². The zero-order valence-corrected chi connectivity index (χ0v) is 24.3. The molecule has 0 radical (unpaired) electrons. The second kappa shape index (κ2) is 20.5. The van der Waals surface area contributed by atoms with Crippen LogP contribution in [-0.2, 0) is 63.9 Å². The molecule has 4 fully saturated rings. The van der Waals surface area contributed by atoms with E-state index in [4.69, 9.17) is 0 Å². The Morgan fingerprint density at radius 3 is 0.676 bits per heavy atom. The van der Waals surface area contributed by atoms with Crippen molar-refractivity contribution in [1.29, 1.82) is 0 Å². The molecule has 0 aromatic heterocycles. The van der Waals surface area contributed by atoms with E-state index in [0.29, 0.717) is 23.6 Å². The van der Waals surface area contributed by atoms with E-state index in [1.165, 1.54) is 0 Å². The van der Waals surface area contributed by atoms with Crippen LogP contribution >= 0.6 is 0 Å². The molecule has 4 rings (SSSR count). The van der Waals surface area contributed by atoms with E-state index >= 15 is 0 Å². The largest absolute Gasteiger partial charge is 1.00 e. The molecule has 0 unspecified atom stereocenters. The van der Waals surface area contributed by atoms with Gasteiger partial charge in [0.1, 0.15) is 0 Å². The van der Waals surface area contributed by atoms with Crippen LogP contribution in [0.25, 0.3) is 0 Å². The number of carbonyl (C=O) groups is 4. The Morgan fingerprint density at radius 1 is 0.441 bits per heavy atom. The normalized spacial score (nSPS) is 18.9. The Hall–Kier alpha value is -0.639. The van der Waals surface area contributed by atoms with Crippen LogP contribution in [-0.4, -0.2) is 95.6 Å². The molecule has 8 nitrogen and oxygen atoms in total. The third kappa shape index (κ3) is 12.9. The summed E-state index contributed by atoms with van der Waals surface area (Å²) < 4.78 is 0. The Labute approximate surface area is 237 Å². The number of nitrogens with zero attached hydrogens (tertiary/aromatic N) is 4. The van der Waals surface area contributed by atoms with Gasteiger partial charge in [-0.1, -0.05) is 0 Å². The van der Waals surface area contributed by atoms with Gasteiger partial charge in [0, 0.05) is 78.0 Å². The fourth-order valence-electron chi connectivity index (χ4n) is 4.15. The van der Waals surface area contributed by atoms with Crippen LogP contribution in [0.4, 0.5) is 0 Å². The van der Waals surface area contributed by atoms with E-state index in [-0.39, 0.29) is 44.8 Å². The standard InChI is InChI=1S/4C6H11NO.2Ag/c4*1-2-7-5-3-4-6(7)8;;/h4*2-5H2,1H3;;/q;;;;2*+1. The summed E-state index contributed by atoms with van der Waals surface area (Å²) in [6.07, 6.45) is 7.34. The van der Waals surface area contributed by atoms with Crippen LogP contribution in [0, 0.1) is 0 Å². The molecule has 4 aliphatic rings. The summed E-state index contributed by atoms with van der Waals surface area (Å²) in [4.78, 5) is 50.5. The molecule has 4 aliphatic heterocycles. The van der Waals surface area contributed by atoms with Crippen molar-refractivity contribution in [2.75, 3.05) is 52.4 Å². The van der Waals surface area contributed by atoms with E-state index in [9.17, 15) is 19.2 Å². The number of amides is 4. The van der Waals surface area contributed by atoms with Crippen molar-refractivity contribution in [1.82, 2.24) is 19.6 Å². The maximum atomic E-state index is 10.7. The molecule has 0 bridgehead atoms. The van der Waals surface area contributed by atoms with Gasteiger partial charge in [0.25, 0.3) is 0 Å². The van der Waals surface area contributed by atoms with Gasteiger partial charge in [-0.3, -0.25) is 19.2 Å². The smallest absolute Gasteiger partial charge is 0.343 e. The summed E-state index contributed by atoms with van der Waals surface area (Å²) in [5.41, 5.74) is 0. The van der Waals surface area contributed by atoms with Gasteiger partial charge in [0.15, 0.2) is 0 Å². The monoisotopic (exact) mass is 666 g/mol. The second-order valence-corrected chi connectivity index (χ2v) is 8.31. The topological polar surface area (TPSA) is 81.2 Å². The van der Waals surface area contributed by atoms with Gasteiger partial charge in [-0.25, -0.2) is 0 Å². The van der Waals surface area contributed by atoms with Crippen molar-refractivity contribution in [3.8, 4) is 0 Å². The van der Waals surface area contributed by atoms with Gasteiger partial charge in [-0.05, 0) is 53.4 Å². The van der Waals surface area contributed by atoms with Gasteiger partial charge in [-0.2, -0.15) is 0 Å². The van der Waals surface area contributed by atoms with Gasteiger partial charge in [0.05, 0.1) is 0 Å². The van der Waals surface area contributed by atoms with Crippen molar-refractivity contribution in [3.05, 3.63) is 0 Å². The minimum absolute atomic E-state index is 0. The minimum atomic E-state index is 0. The first-order valence-electron chi connectivity index (χ1n) is 12.5. The van der Waals surface area contributed by atoms with Gasteiger partial charge < -0.3 is 19.6 Å². The Bertz CT molecular complexity index is 518. The molecule has 4 heterocycles. The molecule has 0 spiro atoms. The summed E-state index contributed by atoms with van der Waals surface area (Å²) in [7, 11) is 0. The molecule has 204 valence electrons. The predicted octanol–water partition coefficient (Wildman–Crippen LogP) is 2.51. The Morgan fingerprint density at radius 2 is 0.618 bits per heavy atom. The molecule has 10 heteroatoms. The zero-order valence-electron chi connectivity index (χ0n) is 21.3. The maximum Gasteiger partial charge on any atom is 1.00 e. The molecule has 0 saturated carbocycles. The van der Waals surface area contributed by atoms with Crippen LogP contribution in [0.1, 0.15) is 79.1 Å². The average Bonchev–Trinajstić information content (AvgIpc) is 3.58. The number of hydrogen-bond acceptors (Lipinski definition) is 4. The van der Waals surface area contributed by atoms with Gasteiger partial charge in [0.2, 0.25) is 23.6 Å². The molecule has 0 aliphatic carbocycles. The Balaban J connectivity index is 0. The first kappa shape index (κ1) is 35.5. The molecule has 4 amide bonds. The van der Waals surface area contributed by atoms with E-state index in [1.807, 2.05) is 47.3 Å². The van der Waals surface area contributed by atoms with E-state index in [0.717, 1.165) is 104 Å². The first-order valence-corrected chi connectivity index (χ1v) is 12.5. The molecule has 0 aromatic rings. The predicted molar refractivity (Wildman–Crippen MR) is 126 cm³/mol. The molecule has 0 N–H and O–H groups in total. The number of likely N-dealkylation sites (tertiary alicyclic amines) is 4. The van der Waals surface area contributed by atoms with Crippen molar-refractivity contribution in [3.63, 3.8) is 0 Å². The van der Waals surface area contributed by atoms with E-state index < -0.39 is 0 Å². The van der Waals surface area contributed by atoms with Crippen molar-refractivity contribution in [2.24, 2.45) is 0 Å². The van der Waals surface area contributed by atoms with Crippen molar-refractivity contribution < 1.29 is 63.9 Å². The quantitative estimate of drug-likeness (QED) is 0.432. The van der Waals surface area contributed by atoms with Gasteiger partial charge in [-0.15, -0.1) is 0 Å². The minimum Gasteiger partial charge on any atom is -0.343 e. The molecule has 0 atom stereocenters. The first-order chi connectivity index (χ1) is 15.4. The number of hydrogen-bond donors (Lipinski definition) is 0. The van der Waals surface area contributed by atoms with E-state index in [2.05, 4.69) is 0 Å². The molecule has 4 saturated heterocycles. The molecule has 34 heavy (non-hydrogen) atoms. The molecular formula is C24H44Ag2N4O4+2. The second-order valence-electron chi connectivity index (χ2n) is 8.31. The van der Waals surface area contributed by atoms with Crippen LogP contribution in [0.5, 0.6) is 0 Å². The maximum absolute atomic E-state index is 10.7. The summed E-state index contributed by atoms with van der Waals surface area (Å²) in [5, 5.41) is 0. The third-order valence-corrected chi connectivity index (χ3v) is 6.21. The molecule has 0 aromatic carbocycles. The Kier molecular flexibility index (Phi) is 21.5. The van der Waals surface area contributed by atoms with Crippen LogP contribution < -0.4 is 0 Å². The van der Waals surface area contributed by atoms with Crippen molar-refractivity contribution in [2.45, 2.75) is 79.1 Å². The summed E-state index contributed by atoms with van der Waals surface area (Å²) in [5.74, 6) is 1.31. The van der Waals surface area contributed by atoms with E-state index in [1.54, 1.807) is 0 Å². The summed E-state index contributed by atoms with van der Waals surface area (Å²) in [6.45, 7) is 15.5. The summed E-state index contributed by atoms with van der Waals surface area (Å²) >= 11 is 0. The average molecular weight is 668 g/mol. The van der Waals surface area contributed by atoms with Crippen molar-refractivity contribution >= 4 is 23.6 Å². The number of carbonyl (C=O) groups excluding carboxylic acids is 4. The summed E-state index contributed by atoms with van der Waals surface area (Å²) in [6, 6.07) is 0. The molecular weight excluding hydrogens is 624 g/mol. The number of rotatable bonds is 4. The SMILES string of the molecule is CCN1CCCC1=O.CCN1CCCC1=O.CCN1CCCC1=O.CCN1CCCC1=O.[Ag+].[Ag+]. The zero-order chi connectivity index (χ0) is 23.9.